The van der Waals surface area contributed by atoms with E-state index in [-0.39, 0.29) is 29.8 Å². The Bertz CT molecular complexity index is 675. The molecule has 0 aliphatic carbocycles. The van der Waals surface area contributed by atoms with Gasteiger partial charge in [0.05, 0.1) is 11.4 Å². The fourth-order valence-corrected chi connectivity index (χ4v) is 4.23. The summed E-state index contributed by atoms with van der Waals surface area (Å²) in [7, 11) is -0.321. The van der Waals surface area contributed by atoms with Gasteiger partial charge in [-0.05, 0) is 63.0 Å². The summed E-state index contributed by atoms with van der Waals surface area (Å²) in [5.74, 6) is 0.485. The zero-order chi connectivity index (χ0) is 18.4. The summed E-state index contributed by atoms with van der Waals surface area (Å²) in [4.78, 5) is 14.4. The van der Waals surface area contributed by atoms with Crippen molar-refractivity contribution in [1.82, 2.24) is 14.5 Å². The number of hydrogen-bond acceptors (Lipinski definition) is 4. The van der Waals surface area contributed by atoms with Gasteiger partial charge in [0.2, 0.25) is 15.9 Å². The van der Waals surface area contributed by atoms with Crippen molar-refractivity contribution in [2.24, 2.45) is 5.92 Å². The number of rotatable bonds is 7. The Labute approximate surface area is 167 Å². The van der Waals surface area contributed by atoms with Gasteiger partial charge in [0.15, 0.2) is 0 Å². The van der Waals surface area contributed by atoms with Crippen LogP contribution in [0.5, 0.6) is 0 Å². The lowest BCUT2D eigenvalue weighted by atomic mass is 9.93. The lowest BCUT2D eigenvalue weighted by Crippen LogP contribution is -2.44. The van der Waals surface area contributed by atoms with Crippen molar-refractivity contribution in [2.75, 3.05) is 40.3 Å². The van der Waals surface area contributed by atoms with Crippen LogP contribution in [0.1, 0.15) is 19.3 Å². The molecule has 148 valence electrons. The number of sulfonamides is 1. The highest BCUT2D eigenvalue weighted by molar-refractivity contribution is 7.89. The molecule has 2 rings (SSSR count). The standard InChI is InChI=1S/C17H26ClN3O3S.ClH/c1-19-10-7-14-8-11-21(12-9-14)17(22)13-20(2)25(23,24)16-5-3-15(18)4-6-16;/h3-6,14,19H,7-13H2,1-2H3;1H. The number of likely N-dealkylation sites (N-methyl/N-ethyl adjacent to an activating group) is 1. The number of nitrogens with one attached hydrogen (secondary N) is 1. The molecule has 26 heavy (non-hydrogen) atoms. The fraction of sp³-hybridized carbons (Fsp3) is 0.588. The number of nitrogens with zero attached hydrogens (tertiary/aromatic N) is 2. The Morgan fingerprint density at radius 3 is 2.38 bits per heavy atom. The molecule has 0 radical (unpaired) electrons. The van der Waals surface area contributed by atoms with Crippen LogP contribution in [-0.2, 0) is 14.8 Å². The van der Waals surface area contributed by atoms with Crippen molar-refractivity contribution < 1.29 is 13.2 Å². The second-order valence-electron chi connectivity index (χ2n) is 6.43. The minimum Gasteiger partial charge on any atom is -0.342 e. The zero-order valence-corrected chi connectivity index (χ0v) is 17.5. The molecule has 0 atom stereocenters. The van der Waals surface area contributed by atoms with Crippen molar-refractivity contribution in [2.45, 2.75) is 24.2 Å². The largest absolute Gasteiger partial charge is 0.342 e. The average Bonchev–Trinajstić information content (AvgIpc) is 2.60. The molecule has 1 aliphatic heterocycles. The van der Waals surface area contributed by atoms with Crippen LogP contribution < -0.4 is 5.32 Å². The molecular formula is C17H27Cl2N3O3S. The summed E-state index contributed by atoms with van der Waals surface area (Å²) in [5.41, 5.74) is 0. The normalized spacial score (nSPS) is 15.8. The molecule has 9 heteroatoms. The maximum Gasteiger partial charge on any atom is 0.243 e. The van der Waals surface area contributed by atoms with Crippen molar-refractivity contribution in [1.29, 1.82) is 0 Å². The van der Waals surface area contributed by atoms with E-state index in [2.05, 4.69) is 5.32 Å². The molecule has 0 spiro atoms. The van der Waals surface area contributed by atoms with E-state index < -0.39 is 10.0 Å². The van der Waals surface area contributed by atoms with E-state index in [1.54, 1.807) is 4.90 Å². The van der Waals surface area contributed by atoms with Crippen LogP contribution >= 0.6 is 24.0 Å². The van der Waals surface area contributed by atoms with E-state index >= 15 is 0 Å². The second-order valence-corrected chi connectivity index (χ2v) is 8.91. The van der Waals surface area contributed by atoms with Crippen LogP contribution in [0.15, 0.2) is 29.2 Å². The SMILES string of the molecule is CNCCC1CCN(C(=O)CN(C)S(=O)(=O)c2ccc(Cl)cc2)CC1.Cl. The monoisotopic (exact) mass is 423 g/mol. The van der Waals surface area contributed by atoms with Crippen LogP contribution in [0.25, 0.3) is 0 Å². The van der Waals surface area contributed by atoms with Gasteiger partial charge in [0.1, 0.15) is 0 Å². The highest BCUT2D eigenvalue weighted by Gasteiger charge is 2.27. The first-order valence-electron chi connectivity index (χ1n) is 8.49. The number of amides is 1. The van der Waals surface area contributed by atoms with Gasteiger partial charge in [-0.2, -0.15) is 4.31 Å². The van der Waals surface area contributed by atoms with E-state index in [0.29, 0.717) is 24.0 Å². The molecule has 1 saturated heterocycles. The smallest absolute Gasteiger partial charge is 0.243 e. The van der Waals surface area contributed by atoms with E-state index in [0.717, 1.165) is 30.1 Å². The summed E-state index contributed by atoms with van der Waals surface area (Å²) in [5, 5.41) is 3.62. The number of benzene rings is 1. The highest BCUT2D eigenvalue weighted by atomic mass is 35.5. The Balaban J connectivity index is 0.00000338. The van der Waals surface area contributed by atoms with Gasteiger partial charge >= 0.3 is 0 Å². The molecule has 1 aromatic carbocycles. The van der Waals surface area contributed by atoms with Gasteiger partial charge in [-0.15, -0.1) is 12.4 Å². The molecule has 1 N–H and O–H groups in total. The number of carbonyl (C=O) groups is 1. The first kappa shape index (κ1) is 23.2. The van der Waals surface area contributed by atoms with Gasteiger partial charge < -0.3 is 10.2 Å². The van der Waals surface area contributed by atoms with Crippen LogP contribution in [-0.4, -0.2) is 63.8 Å². The molecule has 1 amide bonds. The Kier molecular flexibility index (Phi) is 9.33. The van der Waals surface area contributed by atoms with Crippen molar-refractivity contribution >= 4 is 39.9 Å². The summed E-state index contributed by atoms with van der Waals surface area (Å²) < 4.78 is 26.2. The number of halogens is 2. The Hall–Kier alpha value is -0.860. The predicted molar refractivity (Wildman–Crippen MR) is 106 cm³/mol. The molecule has 6 nitrogen and oxygen atoms in total. The number of hydrogen-bond donors (Lipinski definition) is 1. The Morgan fingerprint density at radius 2 is 1.85 bits per heavy atom. The summed E-state index contributed by atoms with van der Waals surface area (Å²) in [6, 6.07) is 5.96. The van der Waals surface area contributed by atoms with Crippen molar-refractivity contribution in [3.05, 3.63) is 29.3 Å². The quantitative estimate of drug-likeness (QED) is 0.729. The molecule has 1 heterocycles. The molecule has 0 aromatic heterocycles. The fourth-order valence-electron chi connectivity index (χ4n) is 2.98. The third-order valence-corrected chi connectivity index (χ3v) is 6.72. The van der Waals surface area contributed by atoms with Gasteiger partial charge in [-0.1, -0.05) is 11.6 Å². The first-order valence-corrected chi connectivity index (χ1v) is 10.3. The number of carbonyl (C=O) groups excluding carboxylic acids is 1. The molecule has 1 aliphatic rings. The second kappa shape index (κ2) is 10.5. The van der Waals surface area contributed by atoms with E-state index in [1.807, 2.05) is 7.05 Å². The number of piperidine rings is 1. The Morgan fingerprint density at radius 1 is 1.27 bits per heavy atom. The van der Waals surface area contributed by atoms with Crippen LogP contribution in [0.2, 0.25) is 5.02 Å². The van der Waals surface area contributed by atoms with Gasteiger partial charge in [-0.25, -0.2) is 8.42 Å². The predicted octanol–water partition coefficient (Wildman–Crippen LogP) is 2.23. The van der Waals surface area contributed by atoms with E-state index in [1.165, 1.54) is 31.3 Å². The lowest BCUT2D eigenvalue weighted by molar-refractivity contribution is -0.132. The molecule has 0 unspecified atom stereocenters. The summed E-state index contributed by atoms with van der Waals surface area (Å²) >= 11 is 5.80. The topological polar surface area (TPSA) is 69.7 Å². The summed E-state index contributed by atoms with van der Waals surface area (Å²) in [6.07, 6.45) is 3.06. The van der Waals surface area contributed by atoms with Gasteiger partial charge in [0.25, 0.3) is 0 Å². The first-order chi connectivity index (χ1) is 11.8. The van der Waals surface area contributed by atoms with Crippen molar-refractivity contribution in [3.8, 4) is 0 Å². The van der Waals surface area contributed by atoms with Gasteiger partial charge in [0, 0.05) is 25.2 Å². The van der Waals surface area contributed by atoms with E-state index in [9.17, 15) is 13.2 Å². The third kappa shape index (κ3) is 6.09. The lowest BCUT2D eigenvalue weighted by Gasteiger charge is -2.33. The zero-order valence-electron chi connectivity index (χ0n) is 15.2. The molecule has 1 fully saturated rings. The maximum atomic E-state index is 12.5. The van der Waals surface area contributed by atoms with Crippen molar-refractivity contribution in [3.63, 3.8) is 0 Å². The van der Waals surface area contributed by atoms with Crippen LogP contribution in [0.4, 0.5) is 0 Å². The molecule has 1 aromatic rings. The summed E-state index contributed by atoms with van der Waals surface area (Å²) in [6.45, 7) is 2.23. The maximum absolute atomic E-state index is 12.5. The van der Waals surface area contributed by atoms with Gasteiger partial charge in [-0.3, -0.25) is 4.79 Å². The molecule has 0 bridgehead atoms. The van der Waals surface area contributed by atoms with Crippen LogP contribution in [0.3, 0.4) is 0 Å². The minimum absolute atomic E-state index is 0. The minimum atomic E-state index is -3.69. The van der Waals surface area contributed by atoms with Crippen LogP contribution in [0, 0.1) is 5.92 Å². The average molecular weight is 424 g/mol. The highest BCUT2D eigenvalue weighted by Crippen LogP contribution is 2.21. The molecule has 0 saturated carbocycles. The van der Waals surface area contributed by atoms with E-state index in [4.69, 9.17) is 11.6 Å². The molecular weight excluding hydrogens is 397 g/mol. The third-order valence-electron chi connectivity index (χ3n) is 4.65. The number of likely N-dealkylation sites (tertiary alicyclic amines) is 1.